The number of morpholine rings is 1. The Labute approximate surface area is 133 Å². The zero-order chi connectivity index (χ0) is 15.0. The van der Waals surface area contributed by atoms with Gasteiger partial charge in [0.05, 0.1) is 29.6 Å². The monoisotopic (exact) mass is 317 g/mol. The van der Waals surface area contributed by atoms with Crippen molar-refractivity contribution in [1.29, 1.82) is 0 Å². The smallest absolute Gasteiger partial charge is 0.283 e. The fourth-order valence-corrected chi connectivity index (χ4v) is 4.42. The van der Waals surface area contributed by atoms with Crippen molar-refractivity contribution in [3.8, 4) is 0 Å². The summed E-state index contributed by atoms with van der Waals surface area (Å²) in [4.78, 5) is 23.2. The number of hydrogen-bond donors (Lipinski definition) is 0. The maximum absolute atomic E-state index is 12.8. The van der Waals surface area contributed by atoms with Gasteiger partial charge in [-0.3, -0.25) is 9.78 Å². The van der Waals surface area contributed by atoms with Gasteiger partial charge in [0.15, 0.2) is 5.01 Å². The topological polar surface area (TPSA) is 55.3 Å². The summed E-state index contributed by atoms with van der Waals surface area (Å²) < 4.78 is 7.07. The van der Waals surface area contributed by atoms with Crippen molar-refractivity contribution < 1.29 is 9.53 Å². The van der Waals surface area contributed by atoms with E-state index in [1.165, 1.54) is 30.6 Å². The molecule has 116 valence electrons. The van der Waals surface area contributed by atoms with Gasteiger partial charge in [0.25, 0.3) is 5.91 Å². The Morgan fingerprint density at radius 3 is 3.00 bits per heavy atom. The molecule has 1 spiro atoms. The van der Waals surface area contributed by atoms with E-state index in [0.29, 0.717) is 24.7 Å². The van der Waals surface area contributed by atoms with E-state index in [4.69, 9.17) is 4.74 Å². The number of carbonyl (C=O) groups is 1. The lowest BCUT2D eigenvalue weighted by atomic mass is 9.83. The standard InChI is InChI=1S/C16H19N3O2S/c20-15(14-18-12-10-17-7-4-13(12)22-14)19-8-9-21-16(11-19)5-2-1-3-6-16/h4,7,10H,1-3,5-6,8-9,11H2. The van der Waals surface area contributed by atoms with Gasteiger partial charge in [-0.05, 0) is 18.9 Å². The minimum absolute atomic E-state index is 0.0365. The Kier molecular flexibility index (Phi) is 3.58. The molecule has 2 aromatic rings. The number of hydrogen-bond acceptors (Lipinski definition) is 5. The summed E-state index contributed by atoms with van der Waals surface area (Å²) in [6.45, 7) is 2.01. The molecular formula is C16H19N3O2S. The van der Waals surface area contributed by atoms with Gasteiger partial charge in [-0.25, -0.2) is 4.98 Å². The molecule has 1 amide bonds. The normalized spacial score (nSPS) is 21.4. The van der Waals surface area contributed by atoms with Crippen molar-refractivity contribution >= 4 is 27.5 Å². The second-order valence-electron chi connectivity index (χ2n) is 6.18. The van der Waals surface area contributed by atoms with Crippen LogP contribution in [0, 0.1) is 0 Å². The quantitative estimate of drug-likeness (QED) is 0.811. The molecule has 3 heterocycles. The van der Waals surface area contributed by atoms with Crippen LogP contribution in [0.3, 0.4) is 0 Å². The molecule has 0 radical (unpaired) electrons. The van der Waals surface area contributed by atoms with Gasteiger partial charge in [-0.1, -0.05) is 19.3 Å². The number of amides is 1. The van der Waals surface area contributed by atoms with Crippen molar-refractivity contribution in [3.63, 3.8) is 0 Å². The lowest BCUT2D eigenvalue weighted by Crippen LogP contribution is -2.54. The number of fused-ring (bicyclic) bond motifs is 1. The Bertz CT molecular complexity index is 655. The number of pyridine rings is 1. The van der Waals surface area contributed by atoms with E-state index in [1.54, 1.807) is 12.4 Å². The van der Waals surface area contributed by atoms with E-state index >= 15 is 0 Å². The van der Waals surface area contributed by atoms with Gasteiger partial charge in [-0.2, -0.15) is 0 Å². The molecule has 22 heavy (non-hydrogen) atoms. The molecule has 6 heteroatoms. The Hall–Kier alpha value is -1.53. The first-order chi connectivity index (χ1) is 10.8. The van der Waals surface area contributed by atoms with Crippen LogP contribution in [-0.4, -0.2) is 46.1 Å². The van der Waals surface area contributed by atoms with Crippen LogP contribution in [0.1, 0.15) is 41.9 Å². The molecule has 1 aliphatic heterocycles. The number of rotatable bonds is 1. The predicted octanol–water partition coefficient (Wildman–Crippen LogP) is 2.87. The lowest BCUT2D eigenvalue weighted by Gasteiger charge is -2.44. The van der Waals surface area contributed by atoms with Crippen molar-refractivity contribution in [2.45, 2.75) is 37.7 Å². The summed E-state index contributed by atoms with van der Waals surface area (Å²) in [6, 6.07) is 1.91. The molecule has 2 fully saturated rings. The number of carbonyl (C=O) groups excluding carboxylic acids is 1. The zero-order valence-electron chi connectivity index (χ0n) is 12.5. The van der Waals surface area contributed by atoms with Gasteiger partial charge in [-0.15, -0.1) is 11.3 Å². The lowest BCUT2D eigenvalue weighted by molar-refractivity contribution is -0.117. The molecule has 1 aliphatic carbocycles. The Balaban J connectivity index is 1.56. The van der Waals surface area contributed by atoms with Crippen LogP contribution >= 0.6 is 11.3 Å². The Morgan fingerprint density at radius 2 is 2.18 bits per heavy atom. The summed E-state index contributed by atoms with van der Waals surface area (Å²) in [5.74, 6) is 0.0365. The summed E-state index contributed by atoms with van der Waals surface area (Å²) in [5.41, 5.74) is 0.696. The fraction of sp³-hybridized carbons (Fsp3) is 0.562. The first-order valence-electron chi connectivity index (χ1n) is 7.90. The molecule has 0 atom stereocenters. The molecule has 1 saturated heterocycles. The SMILES string of the molecule is O=C(c1nc2cnccc2s1)N1CCOC2(CCCCC2)C1. The van der Waals surface area contributed by atoms with Gasteiger partial charge >= 0.3 is 0 Å². The molecule has 0 N–H and O–H groups in total. The maximum Gasteiger partial charge on any atom is 0.283 e. The summed E-state index contributed by atoms with van der Waals surface area (Å²) in [6.07, 6.45) is 9.28. The average Bonchev–Trinajstić information content (AvgIpc) is 2.99. The van der Waals surface area contributed by atoms with Gasteiger partial charge in [0, 0.05) is 12.7 Å². The van der Waals surface area contributed by atoms with Gasteiger partial charge in [0.1, 0.15) is 5.52 Å². The van der Waals surface area contributed by atoms with Crippen molar-refractivity contribution in [1.82, 2.24) is 14.9 Å². The summed E-state index contributed by atoms with van der Waals surface area (Å²) in [5, 5.41) is 0.566. The van der Waals surface area contributed by atoms with E-state index in [2.05, 4.69) is 9.97 Å². The minimum atomic E-state index is -0.107. The number of ether oxygens (including phenoxy) is 1. The number of aromatic nitrogens is 2. The Morgan fingerprint density at radius 1 is 1.32 bits per heavy atom. The molecule has 5 nitrogen and oxygen atoms in total. The van der Waals surface area contributed by atoms with E-state index < -0.39 is 0 Å². The highest BCUT2D eigenvalue weighted by atomic mass is 32.1. The highest BCUT2D eigenvalue weighted by molar-refractivity contribution is 7.20. The molecule has 1 saturated carbocycles. The fourth-order valence-electron chi connectivity index (χ4n) is 3.52. The first kappa shape index (κ1) is 14.1. The molecule has 4 rings (SSSR count). The summed E-state index contributed by atoms with van der Waals surface area (Å²) in [7, 11) is 0. The van der Waals surface area contributed by atoms with Gasteiger partial charge < -0.3 is 9.64 Å². The van der Waals surface area contributed by atoms with Crippen molar-refractivity contribution in [2.24, 2.45) is 0 Å². The second-order valence-corrected chi connectivity index (χ2v) is 7.21. The molecule has 0 aromatic carbocycles. The molecular weight excluding hydrogens is 298 g/mol. The number of nitrogens with zero attached hydrogens (tertiary/aromatic N) is 3. The van der Waals surface area contributed by atoms with Crippen LogP contribution in [0.5, 0.6) is 0 Å². The number of thiazole rings is 1. The van der Waals surface area contributed by atoms with Crippen molar-refractivity contribution in [3.05, 3.63) is 23.5 Å². The average molecular weight is 317 g/mol. The molecule has 0 bridgehead atoms. The van der Waals surface area contributed by atoms with E-state index in [-0.39, 0.29) is 11.5 Å². The molecule has 0 unspecified atom stereocenters. The van der Waals surface area contributed by atoms with Crippen molar-refractivity contribution in [2.75, 3.05) is 19.7 Å². The van der Waals surface area contributed by atoms with Crippen LogP contribution in [0.2, 0.25) is 0 Å². The van der Waals surface area contributed by atoms with Crippen LogP contribution in [-0.2, 0) is 4.74 Å². The van der Waals surface area contributed by atoms with Crippen LogP contribution in [0.25, 0.3) is 10.2 Å². The maximum atomic E-state index is 12.8. The third-order valence-corrected chi connectivity index (χ3v) is 5.70. The van der Waals surface area contributed by atoms with Gasteiger partial charge in [0.2, 0.25) is 0 Å². The highest BCUT2D eigenvalue weighted by Crippen LogP contribution is 2.35. The molecule has 2 aromatic heterocycles. The second kappa shape index (κ2) is 5.59. The van der Waals surface area contributed by atoms with Crippen LogP contribution < -0.4 is 0 Å². The third kappa shape index (κ3) is 2.50. The highest BCUT2D eigenvalue weighted by Gasteiger charge is 2.39. The van der Waals surface area contributed by atoms with E-state index in [9.17, 15) is 4.79 Å². The molecule has 2 aliphatic rings. The predicted molar refractivity (Wildman–Crippen MR) is 85.1 cm³/mol. The van der Waals surface area contributed by atoms with Crippen LogP contribution in [0.4, 0.5) is 0 Å². The third-order valence-electron chi connectivity index (χ3n) is 4.67. The first-order valence-corrected chi connectivity index (χ1v) is 8.71. The largest absolute Gasteiger partial charge is 0.371 e. The zero-order valence-corrected chi connectivity index (χ0v) is 13.3. The van der Waals surface area contributed by atoms with E-state index in [1.807, 2.05) is 11.0 Å². The minimum Gasteiger partial charge on any atom is -0.371 e. The van der Waals surface area contributed by atoms with E-state index in [0.717, 1.165) is 23.1 Å². The van der Waals surface area contributed by atoms with Crippen LogP contribution in [0.15, 0.2) is 18.5 Å². The summed E-state index contributed by atoms with van der Waals surface area (Å²) >= 11 is 1.45.